The van der Waals surface area contributed by atoms with E-state index in [-0.39, 0.29) is 17.9 Å². The number of aryl methyl sites for hydroxylation is 1. The van der Waals surface area contributed by atoms with Crippen molar-refractivity contribution in [1.82, 2.24) is 25.0 Å². The monoisotopic (exact) mass is 511 g/mol. The maximum absolute atomic E-state index is 13.6. The number of hydrogen-bond acceptors (Lipinski definition) is 5. The highest BCUT2D eigenvalue weighted by Crippen LogP contribution is 2.31. The van der Waals surface area contributed by atoms with Gasteiger partial charge in [-0.2, -0.15) is 0 Å². The van der Waals surface area contributed by atoms with Crippen LogP contribution < -0.4 is 5.32 Å². The van der Waals surface area contributed by atoms with E-state index in [0.717, 1.165) is 36.4 Å². The zero-order valence-electron chi connectivity index (χ0n) is 22.0. The fourth-order valence-electron chi connectivity index (χ4n) is 5.70. The van der Waals surface area contributed by atoms with E-state index in [9.17, 15) is 9.59 Å². The summed E-state index contributed by atoms with van der Waals surface area (Å²) in [6, 6.07) is 8.03. The van der Waals surface area contributed by atoms with Crippen molar-refractivity contribution in [2.45, 2.75) is 115 Å². The number of thioether (sulfide) groups is 1. The maximum atomic E-state index is 13.6. The summed E-state index contributed by atoms with van der Waals surface area (Å²) in [5.41, 5.74) is 1.74. The number of carbonyl (C=O) groups is 2. The summed E-state index contributed by atoms with van der Waals surface area (Å²) in [7, 11) is 0. The van der Waals surface area contributed by atoms with E-state index in [1.807, 2.05) is 49.6 Å². The first-order valence-electron chi connectivity index (χ1n) is 13.7. The number of nitrogens with zero attached hydrogens (tertiary/aromatic N) is 4. The standard InChI is InChI=1S/C28H41N5O2S/c1-4-32-26(21(3)29-27(35)22-17-15-20(2)16-18-22)30-31-28(32)36-19-25(34)33(23-11-7-5-8-12-23)24-13-9-6-10-14-24/h15-18,21,23-24H,4-14,19H2,1-3H3,(H,29,35)/t21-/m0/s1. The van der Waals surface area contributed by atoms with Crippen molar-refractivity contribution in [2.75, 3.05) is 5.75 Å². The second kappa shape index (κ2) is 12.7. The molecule has 1 aromatic heterocycles. The predicted molar refractivity (Wildman–Crippen MR) is 144 cm³/mol. The van der Waals surface area contributed by atoms with Crippen LogP contribution in [-0.2, 0) is 11.3 Å². The maximum Gasteiger partial charge on any atom is 0.251 e. The van der Waals surface area contributed by atoms with Gasteiger partial charge in [0.25, 0.3) is 5.91 Å². The van der Waals surface area contributed by atoms with Gasteiger partial charge in [-0.05, 0) is 58.6 Å². The summed E-state index contributed by atoms with van der Waals surface area (Å²) >= 11 is 1.48. The molecule has 1 heterocycles. The summed E-state index contributed by atoms with van der Waals surface area (Å²) in [5.74, 6) is 1.21. The molecule has 0 spiro atoms. The summed E-state index contributed by atoms with van der Waals surface area (Å²) in [6.07, 6.45) is 12.1. The number of nitrogens with one attached hydrogen (secondary N) is 1. The molecule has 196 valence electrons. The molecule has 1 aromatic carbocycles. The van der Waals surface area contributed by atoms with Gasteiger partial charge in [-0.15, -0.1) is 10.2 Å². The van der Waals surface area contributed by atoms with Crippen LogP contribution in [0.2, 0.25) is 0 Å². The SMILES string of the molecule is CCn1c(SCC(=O)N(C2CCCCC2)C2CCCCC2)nnc1[C@H](C)NC(=O)c1ccc(C)cc1. The van der Waals surface area contributed by atoms with E-state index in [1.54, 1.807) is 0 Å². The highest BCUT2D eigenvalue weighted by molar-refractivity contribution is 7.99. The van der Waals surface area contributed by atoms with Crippen LogP contribution >= 0.6 is 11.8 Å². The van der Waals surface area contributed by atoms with Crippen molar-refractivity contribution >= 4 is 23.6 Å². The molecule has 2 aliphatic carbocycles. The van der Waals surface area contributed by atoms with Crippen molar-refractivity contribution in [3.63, 3.8) is 0 Å². The lowest BCUT2D eigenvalue weighted by molar-refractivity contribution is -0.135. The Bertz CT molecular complexity index is 991. The number of aromatic nitrogens is 3. The highest BCUT2D eigenvalue weighted by Gasteiger charge is 2.32. The fourth-order valence-corrected chi connectivity index (χ4v) is 6.58. The van der Waals surface area contributed by atoms with E-state index < -0.39 is 0 Å². The highest BCUT2D eigenvalue weighted by atomic mass is 32.2. The van der Waals surface area contributed by atoms with Gasteiger partial charge in [0.15, 0.2) is 11.0 Å². The summed E-state index contributed by atoms with van der Waals surface area (Å²) < 4.78 is 2.02. The van der Waals surface area contributed by atoms with Gasteiger partial charge in [-0.25, -0.2) is 0 Å². The molecule has 2 aliphatic rings. The average Bonchev–Trinajstić information content (AvgIpc) is 3.32. The third-order valence-corrected chi connectivity index (χ3v) is 8.61. The minimum Gasteiger partial charge on any atom is -0.342 e. The lowest BCUT2D eigenvalue weighted by atomic mass is 9.88. The summed E-state index contributed by atoms with van der Waals surface area (Å²) in [5, 5.41) is 12.6. The smallest absolute Gasteiger partial charge is 0.251 e. The average molecular weight is 512 g/mol. The van der Waals surface area contributed by atoms with Crippen molar-refractivity contribution in [3.05, 3.63) is 41.2 Å². The van der Waals surface area contributed by atoms with Crippen LogP contribution in [-0.4, -0.2) is 49.3 Å². The largest absolute Gasteiger partial charge is 0.342 e. The van der Waals surface area contributed by atoms with Crippen LogP contribution in [0.5, 0.6) is 0 Å². The molecule has 1 atom stereocenters. The van der Waals surface area contributed by atoms with Gasteiger partial charge in [0.1, 0.15) is 0 Å². The molecule has 8 heteroatoms. The minimum atomic E-state index is -0.294. The molecule has 2 aromatic rings. The van der Waals surface area contributed by atoms with Crippen LogP contribution in [0, 0.1) is 6.92 Å². The first-order valence-corrected chi connectivity index (χ1v) is 14.7. The number of rotatable bonds is 9. The van der Waals surface area contributed by atoms with Crippen LogP contribution in [0.15, 0.2) is 29.4 Å². The van der Waals surface area contributed by atoms with E-state index >= 15 is 0 Å². The molecule has 2 amide bonds. The van der Waals surface area contributed by atoms with Crippen LogP contribution in [0.25, 0.3) is 0 Å². The Morgan fingerprint density at radius 3 is 2.14 bits per heavy atom. The third kappa shape index (κ3) is 6.50. The Morgan fingerprint density at radius 2 is 1.58 bits per heavy atom. The summed E-state index contributed by atoms with van der Waals surface area (Å²) in [4.78, 5) is 28.6. The first kappa shape index (κ1) is 26.7. The number of hydrogen-bond donors (Lipinski definition) is 1. The molecular weight excluding hydrogens is 470 g/mol. The third-order valence-electron chi connectivity index (χ3n) is 7.66. The van der Waals surface area contributed by atoms with E-state index in [2.05, 4.69) is 20.4 Å². The van der Waals surface area contributed by atoms with Crippen molar-refractivity contribution in [3.8, 4) is 0 Å². The zero-order valence-corrected chi connectivity index (χ0v) is 22.9. The van der Waals surface area contributed by atoms with Gasteiger partial charge in [-0.3, -0.25) is 9.59 Å². The van der Waals surface area contributed by atoms with Gasteiger partial charge in [0, 0.05) is 24.2 Å². The van der Waals surface area contributed by atoms with Crippen LogP contribution in [0.3, 0.4) is 0 Å². The normalized spacial score (nSPS) is 18.1. The number of carbonyl (C=O) groups excluding carboxylic acids is 2. The van der Waals surface area contributed by atoms with Crippen molar-refractivity contribution in [2.24, 2.45) is 0 Å². The van der Waals surface area contributed by atoms with Gasteiger partial charge in [-0.1, -0.05) is 68.0 Å². The van der Waals surface area contributed by atoms with E-state index in [1.165, 1.54) is 50.3 Å². The quantitative estimate of drug-likeness (QED) is 0.438. The Kier molecular flexibility index (Phi) is 9.46. The van der Waals surface area contributed by atoms with Gasteiger partial charge < -0.3 is 14.8 Å². The Labute approximate surface area is 219 Å². The van der Waals surface area contributed by atoms with Gasteiger partial charge in [0.2, 0.25) is 5.91 Å². The zero-order chi connectivity index (χ0) is 25.5. The molecular formula is C28H41N5O2S. The van der Waals surface area contributed by atoms with Gasteiger partial charge in [0.05, 0.1) is 11.8 Å². The molecule has 4 rings (SSSR count). The predicted octanol–water partition coefficient (Wildman–Crippen LogP) is 5.68. The molecule has 36 heavy (non-hydrogen) atoms. The molecule has 2 fully saturated rings. The molecule has 2 saturated carbocycles. The first-order chi connectivity index (χ1) is 17.5. The van der Waals surface area contributed by atoms with Crippen LogP contribution in [0.4, 0.5) is 0 Å². The minimum absolute atomic E-state index is 0.131. The molecule has 0 bridgehead atoms. The summed E-state index contributed by atoms with van der Waals surface area (Å²) in [6.45, 7) is 6.65. The van der Waals surface area contributed by atoms with Crippen LogP contribution in [0.1, 0.15) is 106 Å². The molecule has 1 N–H and O–H groups in total. The second-order valence-corrected chi connectivity index (χ2v) is 11.3. The topological polar surface area (TPSA) is 80.1 Å². The lowest BCUT2D eigenvalue weighted by Crippen LogP contribution is -2.49. The number of benzene rings is 1. The second-order valence-electron chi connectivity index (χ2n) is 10.3. The lowest BCUT2D eigenvalue weighted by Gasteiger charge is -2.41. The van der Waals surface area contributed by atoms with Gasteiger partial charge >= 0.3 is 0 Å². The number of amides is 2. The van der Waals surface area contributed by atoms with Crippen molar-refractivity contribution in [1.29, 1.82) is 0 Å². The van der Waals surface area contributed by atoms with Crippen molar-refractivity contribution < 1.29 is 9.59 Å². The van der Waals surface area contributed by atoms with E-state index in [0.29, 0.717) is 35.8 Å². The Hall–Kier alpha value is -2.35. The Balaban J connectivity index is 1.41. The fraction of sp³-hybridized carbons (Fsp3) is 0.643. The molecule has 7 nitrogen and oxygen atoms in total. The molecule has 0 radical (unpaired) electrons. The van der Waals surface area contributed by atoms with E-state index in [4.69, 9.17) is 0 Å². The Morgan fingerprint density at radius 1 is 1.00 bits per heavy atom. The molecule has 0 aliphatic heterocycles. The molecule has 0 saturated heterocycles. The molecule has 0 unspecified atom stereocenters.